The van der Waals surface area contributed by atoms with E-state index >= 15 is 0 Å². The highest BCUT2D eigenvalue weighted by molar-refractivity contribution is 6.31. The monoisotopic (exact) mass is 313 g/mol. The molecule has 0 aliphatic carbocycles. The van der Waals surface area contributed by atoms with Crippen LogP contribution in [0.2, 0.25) is 5.02 Å². The molecule has 1 atom stereocenters. The predicted octanol–water partition coefficient (Wildman–Crippen LogP) is 3.45. The van der Waals surface area contributed by atoms with Gasteiger partial charge in [0.1, 0.15) is 0 Å². The molecule has 1 unspecified atom stereocenters. The minimum Gasteiger partial charge on any atom is -0.387 e. The molecule has 3 rings (SSSR count). The van der Waals surface area contributed by atoms with Crippen LogP contribution in [0.25, 0.3) is 10.9 Å². The Balaban J connectivity index is 1.88. The number of likely N-dealkylation sites (N-methyl/N-ethyl adjacent to an activating group) is 1. The average molecular weight is 314 g/mol. The normalized spacial score (nSPS) is 12.3. The van der Waals surface area contributed by atoms with Crippen LogP contribution >= 0.6 is 11.6 Å². The Morgan fingerprint density at radius 2 is 2.09 bits per heavy atom. The number of nitrogens with zero attached hydrogens (tertiary/aromatic N) is 3. The van der Waals surface area contributed by atoms with Crippen LogP contribution in [-0.2, 0) is 0 Å². The van der Waals surface area contributed by atoms with E-state index in [4.69, 9.17) is 11.6 Å². The van der Waals surface area contributed by atoms with Crippen molar-refractivity contribution < 1.29 is 5.11 Å². The van der Waals surface area contributed by atoms with Crippen molar-refractivity contribution in [3.8, 4) is 0 Å². The molecule has 0 bridgehead atoms. The molecule has 112 valence electrons. The molecule has 3 aromatic rings. The van der Waals surface area contributed by atoms with Crippen LogP contribution in [0.15, 0.2) is 55.0 Å². The number of aliphatic hydroxyl groups is 1. The van der Waals surface area contributed by atoms with Crippen molar-refractivity contribution in [1.29, 1.82) is 0 Å². The fourth-order valence-electron chi connectivity index (χ4n) is 2.48. The fourth-order valence-corrected chi connectivity index (χ4v) is 2.64. The van der Waals surface area contributed by atoms with E-state index in [9.17, 15) is 5.11 Å². The predicted molar refractivity (Wildman–Crippen MR) is 89.2 cm³/mol. The summed E-state index contributed by atoms with van der Waals surface area (Å²) in [4.78, 5) is 10.4. The van der Waals surface area contributed by atoms with E-state index in [0.717, 1.165) is 22.2 Å². The molecule has 1 N–H and O–H groups in total. The maximum atomic E-state index is 10.4. The molecule has 5 heteroatoms. The molecule has 0 aliphatic heterocycles. The molecule has 2 aromatic heterocycles. The molecule has 4 nitrogen and oxygen atoms in total. The lowest BCUT2D eigenvalue weighted by Crippen LogP contribution is -2.24. The van der Waals surface area contributed by atoms with Gasteiger partial charge in [0.15, 0.2) is 0 Å². The van der Waals surface area contributed by atoms with Gasteiger partial charge < -0.3 is 10.0 Å². The lowest BCUT2D eigenvalue weighted by molar-refractivity contribution is 0.184. The van der Waals surface area contributed by atoms with Gasteiger partial charge in [-0.05, 0) is 30.3 Å². The standard InChI is InChI=1S/C17H16ClN3O/c1-21(11-17(22)12-3-2-7-19-10-12)16-6-8-20-15-9-13(18)4-5-14(15)16/h2-10,17,22H,11H2,1H3. The van der Waals surface area contributed by atoms with Crippen molar-refractivity contribution in [1.82, 2.24) is 9.97 Å². The summed E-state index contributed by atoms with van der Waals surface area (Å²) in [5, 5.41) is 12.0. The summed E-state index contributed by atoms with van der Waals surface area (Å²) in [5.74, 6) is 0. The highest BCUT2D eigenvalue weighted by atomic mass is 35.5. The van der Waals surface area contributed by atoms with Gasteiger partial charge in [0, 0.05) is 53.8 Å². The van der Waals surface area contributed by atoms with Crippen molar-refractivity contribution in [2.45, 2.75) is 6.10 Å². The SMILES string of the molecule is CN(CC(O)c1cccnc1)c1ccnc2cc(Cl)ccc12. The number of benzene rings is 1. The van der Waals surface area contributed by atoms with Crippen LogP contribution in [0.3, 0.4) is 0 Å². The van der Waals surface area contributed by atoms with Gasteiger partial charge in [-0.3, -0.25) is 9.97 Å². The number of aromatic nitrogens is 2. The summed E-state index contributed by atoms with van der Waals surface area (Å²) in [6, 6.07) is 11.3. The van der Waals surface area contributed by atoms with Gasteiger partial charge in [0.05, 0.1) is 11.6 Å². The molecule has 22 heavy (non-hydrogen) atoms. The summed E-state index contributed by atoms with van der Waals surface area (Å²) >= 11 is 6.01. The van der Waals surface area contributed by atoms with E-state index in [1.807, 2.05) is 48.3 Å². The number of fused-ring (bicyclic) bond motifs is 1. The Kier molecular flexibility index (Phi) is 4.22. The van der Waals surface area contributed by atoms with Gasteiger partial charge in [0.25, 0.3) is 0 Å². The minimum absolute atomic E-state index is 0.466. The number of pyridine rings is 2. The van der Waals surface area contributed by atoms with E-state index < -0.39 is 6.10 Å². The molecule has 0 radical (unpaired) electrons. The third-order valence-electron chi connectivity index (χ3n) is 3.61. The van der Waals surface area contributed by atoms with Crippen LogP contribution in [0.1, 0.15) is 11.7 Å². The van der Waals surface area contributed by atoms with Gasteiger partial charge in [-0.15, -0.1) is 0 Å². The van der Waals surface area contributed by atoms with Gasteiger partial charge in [-0.1, -0.05) is 17.7 Å². The van der Waals surface area contributed by atoms with Crippen molar-refractivity contribution >= 4 is 28.2 Å². The Hall–Kier alpha value is -2.17. The molecular formula is C17H16ClN3O. The second-order valence-corrected chi connectivity index (χ2v) is 5.61. The Bertz CT molecular complexity index is 779. The quantitative estimate of drug-likeness (QED) is 0.801. The van der Waals surface area contributed by atoms with E-state index in [2.05, 4.69) is 9.97 Å². The summed E-state index contributed by atoms with van der Waals surface area (Å²) in [7, 11) is 1.95. The summed E-state index contributed by atoms with van der Waals surface area (Å²) in [6.45, 7) is 0.466. The summed E-state index contributed by atoms with van der Waals surface area (Å²) < 4.78 is 0. The van der Waals surface area contributed by atoms with Crippen LogP contribution < -0.4 is 4.90 Å². The summed E-state index contributed by atoms with van der Waals surface area (Å²) in [5.41, 5.74) is 2.65. The first-order valence-electron chi connectivity index (χ1n) is 6.98. The molecule has 0 aliphatic rings. The van der Waals surface area contributed by atoms with Crippen molar-refractivity contribution in [3.05, 3.63) is 65.6 Å². The molecule has 2 heterocycles. The number of hydrogen-bond acceptors (Lipinski definition) is 4. The smallest absolute Gasteiger partial charge is 0.0979 e. The van der Waals surface area contributed by atoms with Crippen LogP contribution in [0, 0.1) is 0 Å². The molecule has 0 spiro atoms. The van der Waals surface area contributed by atoms with Crippen molar-refractivity contribution in [2.24, 2.45) is 0 Å². The second-order valence-electron chi connectivity index (χ2n) is 5.17. The lowest BCUT2D eigenvalue weighted by atomic mass is 10.1. The Labute approximate surface area is 134 Å². The van der Waals surface area contributed by atoms with E-state index in [0.29, 0.717) is 11.6 Å². The molecule has 1 aromatic carbocycles. The lowest BCUT2D eigenvalue weighted by Gasteiger charge is -2.24. The van der Waals surface area contributed by atoms with Crippen LogP contribution in [0.4, 0.5) is 5.69 Å². The third-order valence-corrected chi connectivity index (χ3v) is 3.84. The van der Waals surface area contributed by atoms with Gasteiger partial charge in [-0.2, -0.15) is 0 Å². The summed E-state index contributed by atoms with van der Waals surface area (Å²) in [6.07, 6.45) is 4.53. The highest BCUT2D eigenvalue weighted by Crippen LogP contribution is 2.27. The zero-order valence-electron chi connectivity index (χ0n) is 12.1. The molecular weight excluding hydrogens is 298 g/mol. The van der Waals surface area contributed by atoms with Crippen LogP contribution in [-0.4, -0.2) is 28.7 Å². The first-order valence-corrected chi connectivity index (χ1v) is 7.36. The highest BCUT2D eigenvalue weighted by Gasteiger charge is 2.13. The minimum atomic E-state index is -0.603. The topological polar surface area (TPSA) is 49.2 Å². The number of anilines is 1. The second kappa shape index (κ2) is 6.30. The zero-order valence-corrected chi connectivity index (χ0v) is 12.9. The number of rotatable bonds is 4. The van der Waals surface area contributed by atoms with Gasteiger partial charge in [0.2, 0.25) is 0 Å². The van der Waals surface area contributed by atoms with Gasteiger partial charge in [-0.25, -0.2) is 0 Å². The van der Waals surface area contributed by atoms with E-state index in [1.54, 1.807) is 18.6 Å². The largest absolute Gasteiger partial charge is 0.387 e. The number of aliphatic hydroxyl groups excluding tert-OH is 1. The third kappa shape index (κ3) is 3.03. The van der Waals surface area contributed by atoms with E-state index in [-0.39, 0.29) is 0 Å². The van der Waals surface area contributed by atoms with Gasteiger partial charge >= 0.3 is 0 Å². The zero-order chi connectivity index (χ0) is 15.5. The Morgan fingerprint density at radius 1 is 1.23 bits per heavy atom. The van der Waals surface area contributed by atoms with Crippen molar-refractivity contribution in [3.63, 3.8) is 0 Å². The number of hydrogen-bond donors (Lipinski definition) is 1. The fraction of sp³-hybridized carbons (Fsp3) is 0.176. The average Bonchev–Trinajstić information content (AvgIpc) is 2.54. The van der Waals surface area contributed by atoms with Crippen molar-refractivity contribution in [2.75, 3.05) is 18.5 Å². The maximum absolute atomic E-state index is 10.4. The molecule has 0 saturated heterocycles. The Morgan fingerprint density at radius 3 is 2.86 bits per heavy atom. The molecule has 0 amide bonds. The van der Waals surface area contributed by atoms with Crippen LogP contribution in [0.5, 0.6) is 0 Å². The maximum Gasteiger partial charge on any atom is 0.0979 e. The van der Waals surface area contributed by atoms with E-state index in [1.165, 1.54) is 0 Å². The molecule has 0 saturated carbocycles. The number of halogens is 1. The first-order chi connectivity index (χ1) is 10.6. The molecule has 0 fully saturated rings. The first kappa shape index (κ1) is 14.8.